The molecule has 1 aliphatic rings. The Labute approximate surface area is 147 Å². The fraction of sp³-hybridized carbons (Fsp3) is 0.350. The molecule has 5 nitrogen and oxygen atoms in total. The monoisotopic (exact) mass is 338 g/mol. The summed E-state index contributed by atoms with van der Waals surface area (Å²) in [6, 6.07) is 13.6. The van der Waals surface area contributed by atoms with Crippen molar-refractivity contribution in [1.82, 2.24) is 9.88 Å². The average Bonchev–Trinajstić information content (AvgIpc) is 2.67. The fourth-order valence-electron chi connectivity index (χ4n) is 3.49. The fourth-order valence-corrected chi connectivity index (χ4v) is 3.49. The van der Waals surface area contributed by atoms with Crippen molar-refractivity contribution in [2.75, 3.05) is 20.2 Å². The molecule has 0 unspecified atom stereocenters. The summed E-state index contributed by atoms with van der Waals surface area (Å²) in [6.07, 6.45) is 2.41. The van der Waals surface area contributed by atoms with Crippen LogP contribution in [0, 0.1) is 5.92 Å². The molecule has 1 aromatic heterocycles. The molecule has 0 N–H and O–H groups in total. The number of pyridine rings is 1. The minimum absolute atomic E-state index is 0.0640. The maximum absolute atomic E-state index is 12.8. The third kappa shape index (κ3) is 3.71. The molecular weight excluding hydrogens is 316 g/mol. The summed E-state index contributed by atoms with van der Waals surface area (Å²) >= 11 is 0. The van der Waals surface area contributed by atoms with Crippen molar-refractivity contribution in [3.63, 3.8) is 0 Å². The predicted molar refractivity (Wildman–Crippen MR) is 94.4 cm³/mol. The van der Waals surface area contributed by atoms with Crippen molar-refractivity contribution >= 4 is 11.9 Å². The number of methoxy groups -OCH3 is 1. The first-order chi connectivity index (χ1) is 12.1. The van der Waals surface area contributed by atoms with Crippen LogP contribution in [0.5, 0.6) is 0 Å². The van der Waals surface area contributed by atoms with Crippen molar-refractivity contribution in [3.05, 3.63) is 65.5 Å². The lowest BCUT2D eigenvalue weighted by Crippen LogP contribution is -2.42. The van der Waals surface area contributed by atoms with Gasteiger partial charge in [-0.1, -0.05) is 37.3 Å². The summed E-state index contributed by atoms with van der Waals surface area (Å²) in [5, 5.41) is 0. The topological polar surface area (TPSA) is 59.5 Å². The number of esters is 1. The van der Waals surface area contributed by atoms with E-state index in [1.165, 1.54) is 24.9 Å². The number of ether oxygens (including phenoxy) is 1. The van der Waals surface area contributed by atoms with Gasteiger partial charge in [-0.05, 0) is 36.0 Å². The van der Waals surface area contributed by atoms with E-state index in [1.54, 1.807) is 6.07 Å². The first-order valence-corrected chi connectivity index (χ1v) is 8.48. The zero-order valence-corrected chi connectivity index (χ0v) is 14.5. The van der Waals surface area contributed by atoms with Crippen LogP contribution >= 0.6 is 0 Å². The third-order valence-corrected chi connectivity index (χ3v) is 4.82. The van der Waals surface area contributed by atoms with Gasteiger partial charge in [-0.15, -0.1) is 0 Å². The zero-order valence-electron chi connectivity index (χ0n) is 14.5. The van der Waals surface area contributed by atoms with Crippen molar-refractivity contribution in [2.24, 2.45) is 5.92 Å². The van der Waals surface area contributed by atoms with E-state index in [2.05, 4.69) is 40.9 Å². The molecule has 25 heavy (non-hydrogen) atoms. The van der Waals surface area contributed by atoms with E-state index in [0.29, 0.717) is 30.5 Å². The first-order valence-electron chi connectivity index (χ1n) is 8.48. The van der Waals surface area contributed by atoms with Gasteiger partial charge in [-0.25, -0.2) is 9.78 Å². The highest BCUT2D eigenvalue weighted by Crippen LogP contribution is 2.33. The molecule has 2 aromatic rings. The molecule has 1 fully saturated rings. The summed E-state index contributed by atoms with van der Waals surface area (Å²) in [7, 11) is 1.30. The molecule has 0 spiro atoms. The van der Waals surface area contributed by atoms with Gasteiger partial charge in [0, 0.05) is 24.8 Å². The number of carbonyl (C=O) groups excluding carboxylic acids is 2. The number of hydrogen-bond donors (Lipinski definition) is 0. The standard InChI is InChI=1S/C20H22N2O3/c1-14-13-22(11-9-17(14)15-6-4-3-5-7-15)19(23)16-8-10-21-18(12-16)20(24)25-2/h3-8,10,12,14,17H,9,11,13H2,1-2H3/t14-,17-/m0/s1. The van der Waals surface area contributed by atoms with Crippen molar-refractivity contribution in [2.45, 2.75) is 19.3 Å². The Kier molecular flexibility index (Phi) is 5.12. The number of benzene rings is 1. The number of amides is 1. The maximum atomic E-state index is 12.8. The summed E-state index contributed by atoms with van der Waals surface area (Å²) in [4.78, 5) is 30.2. The van der Waals surface area contributed by atoms with Crippen LogP contribution < -0.4 is 0 Å². The lowest BCUT2D eigenvalue weighted by molar-refractivity contribution is 0.0594. The molecule has 2 heterocycles. The van der Waals surface area contributed by atoms with E-state index in [0.717, 1.165) is 6.42 Å². The second-order valence-corrected chi connectivity index (χ2v) is 6.46. The Morgan fingerprint density at radius 2 is 1.96 bits per heavy atom. The lowest BCUT2D eigenvalue weighted by atomic mass is 9.81. The largest absolute Gasteiger partial charge is 0.464 e. The maximum Gasteiger partial charge on any atom is 0.356 e. The van der Waals surface area contributed by atoms with Crippen LogP contribution in [0.25, 0.3) is 0 Å². The van der Waals surface area contributed by atoms with E-state index in [4.69, 9.17) is 0 Å². The summed E-state index contributed by atoms with van der Waals surface area (Å²) < 4.78 is 4.67. The minimum Gasteiger partial charge on any atom is -0.464 e. The quantitative estimate of drug-likeness (QED) is 0.807. The highest BCUT2D eigenvalue weighted by atomic mass is 16.5. The van der Waals surface area contributed by atoms with Crippen LogP contribution in [0.1, 0.15) is 45.7 Å². The Morgan fingerprint density at radius 3 is 2.64 bits per heavy atom. The first kappa shape index (κ1) is 17.1. The van der Waals surface area contributed by atoms with Gasteiger partial charge in [-0.3, -0.25) is 4.79 Å². The Bertz CT molecular complexity index is 761. The van der Waals surface area contributed by atoms with Crippen LogP contribution in [0.4, 0.5) is 0 Å². The normalized spacial score (nSPS) is 20.2. The number of piperidine rings is 1. The Hall–Kier alpha value is -2.69. The molecule has 0 bridgehead atoms. The molecular formula is C20H22N2O3. The van der Waals surface area contributed by atoms with Gasteiger partial charge in [0.2, 0.25) is 0 Å². The average molecular weight is 338 g/mol. The highest BCUT2D eigenvalue weighted by molar-refractivity contribution is 5.97. The van der Waals surface area contributed by atoms with Crippen molar-refractivity contribution in [1.29, 1.82) is 0 Å². The molecule has 1 amide bonds. The smallest absolute Gasteiger partial charge is 0.356 e. The molecule has 0 saturated carbocycles. The molecule has 3 rings (SSSR count). The minimum atomic E-state index is -0.536. The van der Waals surface area contributed by atoms with E-state index >= 15 is 0 Å². The summed E-state index contributed by atoms with van der Waals surface area (Å²) in [6.45, 7) is 3.59. The van der Waals surface area contributed by atoms with Gasteiger partial charge in [0.1, 0.15) is 5.69 Å². The lowest BCUT2D eigenvalue weighted by Gasteiger charge is -2.37. The van der Waals surface area contributed by atoms with Crippen LogP contribution in [-0.4, -0.2) is 42.0 Å². The number of carbonyl (C=O) groups is 2. The number of aromatic nitrogens is 1. The number of nitrogens with zero attached hydrogens (tertiary/aromatic N) is 2. The summed E-state index contributed by atoms with van der Waals surface area (Å²) in [5.41, 5.74) is 1.96. The van der Waals surface area contributed by atoms with E-state index in [9.17, 15) is 9.59 Å². The number of likely N-dealkylation sites (tertiary alicyclic amines) is 1. The second-order valence-electron chi connectivity index (χ2n) is 6.46. The Morgan fingerprint density at radius 1 is 1.20 bits per heavy atom. The Balaban J connectivity index is 1.72. The molecule has 1 aromatic carbocycles. The van der Waals surface area contributed by atoms with Crippen molar-refractivity contribution < 1.29 is 14.3 Å². The van der Waals surface area contributed by atoms with Crippen LogP contribution in [0.3, 0.4) is 0 Å². The van der Waals surface area contributed by atoms with Gasteiger partial charge in [-0.2, -0.15) is 0 Å². The van der Waals surface area contributed by atoms with Crippen LogP contribution in [0.15, 0.2) is 48.7 Å². The van der Waals surface area contributed by atoms with E-state index < -0.39 is 5.97 Å². The summed E-state index contributed by atoms with van der Waals surface area (Å²) in [5.74, 6) is 0.243. The van der Waals surface area contributed by atoms with Crippen LogP contribution in [-0.2, 0) is 4.74 Å². The molecule has 0 radical (unpaired) electrons. The van der Waals surface area contributed by atoms with E-state index in [1.807, 2.05) is 11.0 Å². The van der Waals surface area contributed by atoms with Crippen LogP contribution in [0.2, 0.25) is 0 Å². The number of rotatable bonds is 3. The SMILES string of the molecule is COC(=O)c1cc(C(=O)N2CC[C@H](c3ccccc3)[C@@H](C)C2)ccn1. The van der Waals surface area contributed by atoms with Gasteiger partial charge in [0.25, 0.3) is 5.91 Å². The molecule has 1 saturated heterocycles. The molecule has 2 atom stereocenters. The van der Waals surface area contributed by atoms with E-state index in [-0.39, 0.29) is 11.6 Å². The number of hydrogen-bond acceptors (Lipinski definition) is 4. The highest BCUT2D eigenvalue weighted by Gasteiger charge is 2.30. The third-order valence-electron chi connectivity index (χ3n) is 4.82. The van der Waals surface area contributed by atoms with Crippen molar-refractivity contribution in [3.8, 4) is 0 Å². The molecule has 0 aliphatic carbocycles. The second kappa shape index (κ2) is 7.47. The van der Waals surface area contributed by atoms with Gasteiger partial charge < -0.3 is 9.64 Å². The van der Waals surface area contributed by atoms with Gasteiger partial charge in [0.05, 0.1) is 7.11 Å². The van der Waals surface area contributed by atoms with Gasteiger partial charge >= 0.3 is 5.97 Å². The molecule has 130 valence electrons. The molecule has 5 heteroatoms. The zero-order chi connectivity index (χ0) is 17.8. The van der Waals surface area contributed by atoms with Gasteiger partial charge in [0.15, 0.2) is 0 Å². The molecule has 1 aliphatic heterocycles. The predicted octanol–water partition coefficient (Wildman–Crippen LogP) is 3.13.